The number of nitrogens with zero attached hydrogens (tertiary/aromatic N) is 5. The first-order chi connectivity index (χ1) is 26.3. The maximum Gasteiger partial charge on any atom is 0.311 e. The van der Waals surface area contributed by atoms with Crippen LogP contribution in [0.25, 0.3) is 10.4 Å². The molecule has 3 fully saturated rings. The van der Waals surface area contributed by atoms with E-state index in [0.29, 0.717) is 13.0 Å². The quantitative estimate of drug-likeness (QED) is 0.131. The minimum absolute atomic E-state index is 0.116. The average Bonchev–Trinajstić information content (AvgIpc) is 3.11. The number of aliphatic hydroxyl groups excluding tert-OH is 1. The average molecular weight is 816 g/mol. The summed E-state index contributed by atoms with van der Waals surface area (Å²) in [5, 5.41) is 40.0. The monoisotopic (exact) mass is 816 g/mol. The zero-order valence-electron chi connectivity index (χ0n) is 36.9. The first-order valence-electron chi connectivity index (χ1n) is 20.4. The highest BCUT2D eigenvalue weighted by molar-refractivity contribution is 5.73. The van der Waals surface area contributed by atoms with Crippen molar-refractivity contribution in [1.29, 1.82) is 0 Å². The Balaban J connectivity index is 2.25. The molecular formula is C40H73N5O12. The maximum atomic E-state index is 14.4. The smallest absolute Gasteiger partial charge is 0.311 e. The molecule has 18 atom stereocenters. The first kappa shape index (κ1) is 49.2. The van der Waals surface area contributed by atoms with Crippen LogP contribution in [0.15, 0.2) is 5.11 Å². The Hall–Kier alpha value is -2.15. The van der Waals surface area contributed by atoms with Crippen LogP contribution in [0.3, 0.4) is 0 Å². The Morgan fingerprint density at radius 1 is 1.05 bits per heavy atom. The number of carbonyl (C=O) groups is 2. The van der Waals surface area contributed by atoms with E-state index in [4.69, 9.17) is 33.2 Å². The standard InChI is InChI=1S/C40H73N5O12/c1-16-29-40(11,50)34(47)21(2)20-45(14)22(3)18-38(9,49)35(57-37-32(54-27(8)46)28(44(12)13)17-23(4)52-37)24(5)31(25(6)36(48)55-29)56-30-19-39(10,51-15)33(42-43-41)26(7)53-30/h21-26,28-35,37,47,49-50H,16-20H2,1-15H3/t21-,22+,23+,24-,25+,26-,28-,29+,30-,31-,32+,33?,34+,35+,37-,38+,39+,40+/m0/s1. The summed E-state index contributed by atoms with van der Waals surface area (Å²) in [6.45, 7) is 19.2. The number of esters is 2. The summed E-state index contributed by atoms with van der Waals surface area (Å²) in [5.74, 6) is -3.56. The van der Waals surface area contributed by atoms with Crippen molar-refractivity contribution >= 4 is 11.9 Å². The predicted octanol–water partition coefficient (Wildman–Crippen LogP) is 3.79. The lowest BCUT2D eigenvalue weighted by Gasteiger charge is -2.49. The van der Waals surface area contributed by atoms with Crippen molar-refractivity contribution in [3.05, 3.63) is 10.4 Å². The lowest BCUT2D eigenvalue weighted by Crippen LogP contribution is -2.61. The second-order valence-corrected chi connectivity index (χ2v) is 17.9. The highest BCUT2D eigenvalue weighted by Crippen LogP contribution is 2.41. The van der Waals surface area contributed by atoms with Gasteiger partial charge in [-0.05, 0) is 100 Å². The molecule has 0 spiro atoms. The molecule has 0 radical (unpaired) electrons. The molecule has 0 saturated carbocycles. The fourth-order valence-corrected chi connectivity index (χ4v) is 9.22. The van der Waals surface area contributed by atoms with Gasteiger partial charge in [0, 0.05) is 43.9 Å². The molecule has 3 N–H and O–H groups in total. The van der Waals surface area contributed by atoms with Crippen molar-refractivity contribution in [2.24, 2.45) is 22.9 Å². The van der Waals surface area contributed by atoms with Crippen LogP contribution in [-0.2, 0) is 42.7 Å². The molecule has 1 unspecified atom stereocenters. The van der Waals surface area contributed by atoms with E-state index in [1.807, 2.05) is 51.7 Å². The molecule has 3 heterocycles. The molecular weight excluding hydrogens is 742 g/mol. The van der Waals surface area contributed by atoms with Crippen molar-refractivity contribution < 1.29 is 58.1 Å². The highest BCUT2D eigenvalue weighted by atomic mass is 16.7. The van der Waals surface area contributed by atoms with Crippen molar-refractivity contribution in [2.75, 3.05) is 34.8 Å². The number of ether oxygens (including phenoxy) is 7. The van der Waals surface area contributed by atoms with Gasteiger partial charge in [0.2, 0.25) is 0 Å². The summed E-state index contributed by atoms with van der Waals surface area (Å²) in [5.41, 5.74) is 4.88. The summed E-state index contributed by atoms with van der Waals surface area (Å²) >= 11 is 0. The van der Waals surface area contributed by atoms with Gasteiger partial charge in [0.05, 0.1) is 59.7 Å². The molecule has 0 bridgehead atoms. The van der Waals surface area contributed by atoms with E-state index in [1.165, 1.54) is 21.0 Å². The van der Waals surface area contributed by atoms with Crippen LogP contribution >= 0.6 is 0 Å². The van der Waals surface area contributed by atoms with Crippen LogP contribution in [0.1, 0.15) is 102 Å². The van der Waals surface area contributed by atoms with E-state index in [2.05, 4.69) is 10.0 Å². The lowest BCUT2D eigenvalue weighted by molar-refractivity contribution is -0.312. The topological polar surface area (TPSA) is 215 Å². The van der Waals surface area contributed by atoms with E-state index >= 15 is 0 Å². The van der Waals surface area contributed by atoms with Crippen molar-refractivity contribution in [3.63, 3.8) is 0 Å². The molecule has 17 nitrogen and oxygen atoms in total. The molecule has 330 valence electrons. The number of cyclic esters (lactones) is 1. The molecule has 3 aliphatic heterocycles. The van der Waals surface area contributed by atoms with Gasteiger partial charge in [-0.25, -0.2) is 0 Å². The van der Waals surface area contributed by atoms with Gasteiger partial charge in [0.15, 0.2) is 18.7 Å². The van der Waals surface area contributed by atoms with Gasteiger partial charge in [-0.15, -0.1) is 0 Å². The van der Waals surface area contributed by atoms with Crippen LogP contribution in [0.5, 0.6) is 0 Å². The van der Waals surface area contributed by atoms with Gasteiger partial charge in [-0.3, -0.25) is 9.59 Å². The Labute approximate surface area is 339 Å². The summed E-state index contributed by atoms with van der Waals surface area (Å²) < 4.78 is 44.2. The number of rotatable bonds is 9. The van der Waals surface area contributed by atoms with Crippen LogP contribution in [-0.4, -0.2) is 162 Å². The van der Waals surface area contributed by atoms with Crippen molar-refractivity contribution in [1.82, 2.24) is 9.80 Å². The van der Waals surface area contributed by atoms with Gasteiger partial charge in [0.1, 0.15) is 11.7 Å². The molecule has 17 heteroatoms. The number of azide groups is 1. The number of likely N-dealkylation sites (N-methyl/N-ethyl adjacent to an activating group) is 1. The molecule has 0 aromatic rings. The van der Waals surface area contributed by atoms with Crippen LogP contribution < -0.4 is 0 Å². The lowest BCUT2D eigenvalue weighted by atomic mass is 9.78. The minimum atomic E-state index is -1.81. The Morgan fingerprint density at radius 2 is 1.68 bits per heavy atom. The first-order valence-corrected chi connectivity index (χ1v) is 20.4. The molecule has 0 aromatic carbocycles. The molecule has 3 aliphatic rings. The summed E-state index contributed by atoms with van der Waals surface area (Å²) in [7, 11) is 7.17. The third kappa shape index (κ3) is 11.6. The van der Waals surface area contributed by atoms with Gasteiger partial charge in [-0.1, -0.05) is 25.9 Å². The van der Waals surface area contributed by atoms with E-state index in [-0.39, 0.29) is 37.5 Å². The molecule has 3 rings (SSSR count). The molecule has 57 heavy (non-hydrogen) atoms. The predicted molar refractivity (Wildman–Crippen MR) is 211 cm³/mol. The Morgan fingerprint density at radius 3 is 2.23 bits per heavy atom. The van der Waals surface area contributed by atoms with Crippen molar-refractivity contribution in [2.45, 2.75) is 192 Å². The maximum absolute atomic E-state index is 14.4. The van der Waals surface area contributed by atoms with E-state index in [1.54, 1.807) is 41.5 Å². The van der Waals surface area contributed by atoms with E-state index in [9.17, 15) is 30.4 Å². The fraction of sp³-hybridized carbons (Fsp3) is 0.950. The van der Waals surface area contributed by atoms with E-state index in [0.717, 1.165) is 0 Å². The van der Waals surface area contributed by atoms with Crippen LogP contribution in [0.4, 0.5) is 0 Å². The fourth-order valence-electron chi connectivity index (χ4n) is 9.22. The van der Waals surface area contributed by atoms with Crippen molar-refractivity contribution in [3.8, 4) is 0 Å². The largest absolute Gasteiger partial charge is 0.459 e. The second kappa shape index (κ2) is 19.9. The Kier molecular flexibility index (Phi) is 17.2. The number of methoxy groups -OCH3 is 1. The van der Waals surface area contributed by atoms with Gasteiger partial charge in [-0.2, -0.15) is 0 Å². The Bertz CT molecular complexity index is 1380. The molecule has 0 aliphatic carbocycles. The SMILES string of the molecule is CC[C@H]1OC(=O)[C@H](C)[C@@H](O[C@H]2C[C@@](C)(OC)C(N=[N+]=[N-])[C@H](C)O2)[C@H](C)[C@@H](O[C@@H]2O[C@H](C)C[C@H](N(C)C)[C@H]2OC(C)=O)[C@](C)(O)C[C@@H](C)N(C)C[C@H](C)[C@@H](O)[C@]1(C)O. The number of hydrogen-bond donors (Lipinski definition) is 3. The number of hydrogen-bond acceptors (Lipinski definition) is 15. The second-order valence-electron chi connectivity index (χ2n) is 17.9. The highest BCUT2D eigenvalue weighted by Gasteiger charge is 2.53. The molecule has 0 aromatic heterocycles. The number of aliphatic hydroxyl groups is 3. The summed E-state index contributed by atoms with van der Waals surface area (Å²) in [6.07, 6.45) is -7.44. The molecule has 3 saturated heterocycles. The minimum Gasteiger partial charge on any atom is -0.459 e. The van der Waals surface area contributed by atoms with Crippen LogP contribution in [0.2, 0.25) is 0 Å². The zero-order chi connectivity index (χ0) is 43.4. The van der Waals surface area contributed by atoms with Gasteiger partial charge < -0.3 is 58.3 Å². The van der Waals surface area contributed by atoms with Crippen LogP contribution in [0, 0.1) is 17.8 Å². The summed E-state index contributed by atoms with van der Waals surface area (Å²) in [6, 6.07) is -1.26. The number of carbonyl (C=O) groups excluding carboxylic acids is 2. The normalized spacial score (nSPS) is 45.9. The third-order valence-electron chi connectivity index (χ3n) is 12.7. The van der Waals surface area contributed by atoms with Gasteiger partial charge >= 0.3 is 11.9 Å². The third-order valence-corrected chi connectivity index (χ3v) is 12.7. The van der Waals surface area contributed by atoms with Gasteiger partial charge in [0.25, 0.3) is 0 Å². The zero-order valence-corrected chi connectivity index (χ0v) is 36.9. The summed E-state index contributed by atoms with van der Waals surface area (Å²) in [4.78, 5) is 33.8. The molecule has 0 amide bonds. The van der Waals surface area contributed by atoms with E-state index < -0.39 is 102 Å².